The van der Waals surface area contributed by atoms with Gasteiger partial charge < -0.3 is 10.1 Å². The molecular formula is C17H23N5O4. The lowest BCUT2D eigenvalue weighted by Crippen LogP contribution is -2.43. The van der Waals surface area contributed by atoms with Crippen LogP contribution in [-0.2, 0) is 20.7 Å². The van der Waals surface area contributed by atoms with Gasteiger partial charge in [-0.3, -0.25) is 14.9 Å². The first-order chi connectivity index (χ1) is 12.2. The van der Waals surface area contributed by atoms with Crippen LogP contribution in [0.5, 0.6) is 0 Å². The number of carbonyl (C=O) groups excluding carboxylic acids is 3. The summed E-state index contributed by atoms with van der Waals surface area (Å²) in [6.07, 6.45) is -0.550. The van der Waals surface area contributed by atoms with Gasteiger partial charge in [-0.1, -0.05) is 0 Å². The van der Waals surface area contributed by atoms with Crippen molar-refractivity contribution in [3.8, 4) is 0 Å². The summed E-state index contributed by atoms with van der Waals surface area (Å²) in [5, 5.41) is 8.71. The first-order valence-electron chi connectivity index (χ1n) is 8.27. The van der Waals surface area contributed by atoms with Gasteiger partial charge >= 0.3 is 12.0 Å². The van der Waals surface area contributed by atoms with Gasteiger partial charge in [0.05, 0.1) is 5.69 Å². The molecule has 2 N–H and O–H groups in total. The summed E-state index contributed by atoms with van der Waals surface area (Å²) in [5.74, 6) is -1.21. The molecule has 1 atom stereocenters. The summed E-state index contributed by atoms with van der Waals surface area (Å²) in [5.41, 5.74) is 4.29. The maximum absolute atomic E-state index is 12.0. The summed E-state index contributed by atoms with van der Waals surface area (Å²) in [6, 6.07) is 1.24. The molecule has 0 aliphatic heterocycles. The number of nitrogens with zero attached hydrogens (tertiary/aromatic N) is 3. The Labute approximate surface area is 151 Å². The van der Waals surface area contributed by atoms with Crippen LogP contribution in [0.4, 0.5) is 4.79 Å². The number of imide groups is 1. The van der Waals surface area contributed by atoms with Gasteiger partial charge in [-0.25, -0.2) is 14.3 Å². The van der Waals surface area contributed by atoms with Crippen molar-refractivity contribution in [2.24, 2.45) is 0 Å². The van der Waals surface area contributed by atoms with Crippen LogP contribution >= 0.6 is 0 Å². The molecule has 3 amide bonds. The predicted octanol–water partition coefficient (Wildman–Crippen LogP) is 0.974. The highest BCUT2D eigenvalue weighted by molar-refractivity contribution is 5.96. The zero-order valence-electron chi connectivity index (χ0n) is 15.5. The van der Waals surface area contributed by atoms with Gasteiger partial charge in [0.15, 0.2) is 11.8 Å². The van der Waals surface area contributed by atoms with E-state index < -0.39 is 24.0 Å². The third kappa shape index (κ3) is 4.35. The normalized spacial score (nSPS) is 11.9. The van der Waals surface area contributed by atoms with Crippen molar-refractivity contribution in [2.45, 2.75) is 46.6 Å². The van der Waals surface area contributed by atoms with Gasteiger partial charge in [-0.05, 0) is 39.7 Å². The molecule has 9 heteroatoms. The Morgan fingerprint density at radius 1 is 1.27 bits per heavy atom. The SMILES string of the molecule is CNC(=O)NC(=O)[C@H](C)OC(=O)CCc1c(C)nc2cc(C)nn2c1C. The van der Waals surface area contributed by atoms with Crippen LogP contribution in [0, 0.1) is 20.8 Å². The molecule has 2 aromatic rings. The Bertz CT molecular complexity index is 858. The van der Waals surface area contributed by atoms with Gasteiger partial charge in [0.25, 0.3) is 5.91 Å². The topological polar surface area (TPSA) is 115 Å². The second kappa shape index (κ2) is 7.94. The van der Waals surface area contributed by atoms with Gasteiger partial charge in [-0.15, -0.1) is 0 Å². The fraction of sp³-hybridized carbons (Fsp3) is 0.471. The molecular weight excluding hydrogens is 338 g/mol. The van der Waals surface area contributed by atoms with E-state index in [0.29, 0.717) is 6.42 Å². The molecule has 0 aromatic carbocycles. The number of aryl methyl sites for hydroxylation is 3. The monoisotopic (exact) mass is 361 g/mol. The van der Waals surface area contributed by atoms with Crippen LogP contribution < -0.4 is 10.6 Å². The summed E-state index contributed by atoms with van der Waals surface area (Å²) in [4.78, 5) is 39.4. The molecule has 26 heavy (non-hydrogen) atoms. The van der Waals surface area contributed by atoms with E-state index >= 15 is 0 Å². The predicted molar refractivity (Wildman–Crippen MR) is 93.7 cm³/mol. The summed E-state index contributed by atoms with van der Waals surface area (Å²) >= 11 is 0. The van der Waals surface area contributed by atoms with E-state index in [1.54, 1.807) is 4.52 Å². The van der Waals surface area contributed by atoms with E-state index in [0.717, 1.165) is 28.3 Å². The minimum atomic E-state index is -1.06. The van der Waals surface area contributed by atoms with Gasteiger partial charge in [0.2, 0.25) is 0 Å². The number of esters is 1. The van der Waals surface area contributed by atoms with E-state index in [9.17, 15) is 14.4 Å². The highest BCUT2D eigenvalue weighted by Crippen LogP contribution is 2.17. The molecule has 0 radical (unpaired) electrons. The van der Waals surface area contributed by atoms with E-state index in [2.05, 4.69) is 20.7 Å². The van der Waals surface area contributed by atoms with Crippen molar-refractivity contribution in [2.75, 3.05) is 7.05 Å². The van der Waals surface area contributed by atoms with Gasteiger partial charge in [0.1, 0.15) is 0 Å². The minimum Gasteiger partial charge on any atom is -0.453 e. The van der Waals surface area contributed by atoms with Crippen molar-refractivity contribution in [3.05, 3.63) is 28.7 Å². The molecule has 140 valence electrons. The van der Waals surface area contributed by atoms with Gasteiger partial charge in [0, 0.05) is 30.9 Å². The van der Waals surface area contributed by atoms with Crippen LogP contribution in [0.1, 0.15) is 36.0 Å². The third-order valence-electron chi connectivity index (χ3n) is 4.01. The molecule has 2 rings (SSSR count). The fourth-order valence-corrected chi connectivity index (χ4v) is 2.62. The molecule has 0 fully saturated rings. The Balaban J connectivity index is 2.00. The first-order valence-corrected chi connectivity index (χ1v) is 8.27. The largest absolute Gasteiger partial charge is 0.453 e. The minimum absolute atomic E-state index is 0.0900. The molecule has 0 saturated carbocycles. The van der Waals surface area contributed by atoms with Crippen LogP contribution in [-0.4, -0.2) is 45.7 Å². The molecule has 0 aliphatic carbocycles. The van der Waals surface area contributed by atoms with E-state index in [-0.39, 0.29) is 6.42 Å². The number of hydrogen-bond acceptors (Lipinski definition) is 6. The van der Waals surface area contributed by atoms with Crippen molar-refractivity contribution in [3.63, 3.8) is 0 Å². The Kier molecular flexibility index (Phi) is 5.91. The summed E-state index contributed by atoms with van der Waals surface area (Å²) in [7, 11) is 1.38. The van der Waals surface area contributed by atoms with Crippen molar-refractivity contribution < 1.29 is 19.1 Å². The number of fused-ring (bicyclic) bond motifs is 1. The number of aromatic nitrogens is 3. The molecule has 2 aromatic heterocycles. The second-order valence-electron chi connectivity index (χ2n) is 6.02. The number of rotatable bonds is 5. The zero-order chi connectivity index (χ0) is 19.4. The molecule has 9 nitrogen and oxygen atoms in total. The summed E-state index contributed by atoms with van der Waals surface area (Å²) in [6.45, 7) is 7.11. The summed E-state index contributed by atoms with van der Waals surface area (Å²) < 4.78 is 6.83. The molecule has 0 spiro atoms. The zero-order valence-corrected chi connectivity index (χ0v) is 15.5. The van der Waals surface area contributed by atoms with E-state index in [4.69, 9.17) is 4.74 Å². The highest BCUT2D eigenvalue weighted by atomic mass is 16.5. The van der Waals surface area contributed by atoms with Gasteiger partial charge in [-0.2, -0.15) is 5.10 Å². The number of carbonyl (C=O) groups is 3. The average molecular weight is 361 g/mol. The first kappa shape index (κ1) is 19.4. The number of nitrogens with one attached hydrogen (secondary N) is 2. The number of ether oxygens (including phenoxy) is 1. The molecule has 2 heterocycles. The average Bonchev–Trinajstić information content (AvgIpc) is 2.94. The van der Waals surface area contributed by atoms with Crippen molar-refractivity contribution >= 4 is 23.6 Å². The smallest absolute Gasteiger partial charge is 0.321 e. The maximum atomic E-state index is 12.0. The lowest BCUT2D eigenvalue weighted by atomic mass is 10.1. The highest BCUT2D eigenvalue weighted by Gasteiger charge is 2.20. The van der Waals surface area contributed by atoms with Crippen LogP contribution in [0.3, 0.4) is 0 Å². The quantitative estimate of drug-likeness (QED) is 0.767. The van der Waals surface area contributed by atoms with Crippen LogP contribution in [0.25, 0.3) is 5.65 Å². The van der Waals surface area contributed by atoms with Crippen LogP contribution in [0.2, 0.25) is 0 Å². The standard InChI is InChI=1S/C17H23N5O4/c1-9-8-14-19-10(2)13(11(3)22(14)21-9)6-7-15(23)26-12(4)16(24)20-17(25)18-5/h8,12H,6-7H2,1-5H3,(H2,18,20,24,25)/t12-/m0/s1. The number of urea groups is 1. The lowest BCUT2D eigenvalue weighted by molar-refractivity contribution is -0.154. The van der Waals surface area contributed by atoms with Crippen molar-refractivity contribution in [1.29, 1.82) is 0 Å². The van der Waals surface area contributed by atoms with E-state index in [1.165, 1.54) is 14.0 Å². The molecule has 0 saturated heterocycles. The third-order valence-corrected chi connectivity index (χ3v) is 4.01. The van der Waals surface area contributed by atoms with Crippen LogP contribution in [0.15, 0.2) is 6.07 Å². The number of amides is 3. The maximum Gasteiger partial charge on any atom is 0.321 e. The lowest BCUT2D eigenvalue weighted by Gasteiger charge is -2.14. The Morgan fingerprint density at radius 2 is 1.96 bits per heavy atom. The fourth-order valence-electron chi connectivity index (χ4n) is 2.62. The molecule has 0 bridgehead atoms. The molecule has 0 unspecified atom stereocenters. The second-order valence-corrected chi connectivity index (χ2v) is 6.02. The molecule has 0 aliphatic rings. The number of hydrogen-bond donors (Lipinski definition) is 2. The van der Waals surface area contributed by atoms with Crippen molar-refractivity contribution in [1.82, 2.24) is 25.2 Å². The van der Waals surface area contributed by atoms with E-state index in [1.807, 2.05) is 26.8 Å². The Morgan fingerprint density at radius 3 is 2.62 bits per heavy atom. The Hall–Kier alpha value is -2.97.